The molecule has 1 aromatic carbocycles. The Morgan fingerprint density at radius 1 is 1.04 bits per heavy atom. The molecule has 1 atom stereocenters. The van der Waals surface area contributed by atoms with E-state index in [0.29, 0.717) is 0 Å². The Morgan fingerprint density at radius 2 is 1.83 bits per heavy atom. The van der Waals surface area contributed by atoms with Crippen LogP contribution in [-0.2, 0) is 0 Å². The Balaban J connectivity index is 2.05. The zero-order valence-electron chi connectivity index (χ0n) is 14.9. The first-order chi connectivity index (χ1) is 11.5. The van der Waals surface area contributed by atoms with Crippen LogP contribution in [0.1, 0.15) is 35.3 Å². The quantitative estimate of drug-likeness (QED) is 0.711. The Hall–Kier alpha value is -2.62. The van der Waals surface area contributed by atoms with Crippen molar-refractivity contribution >= 4 is 0 Å². The minimum Gasteiger partial charge on any atom is -0.496 e. The van der Waals surface area contributed by atoms with Gasteiger partial charge >= 0.3 is 0 Å². The van der Waals surface area contributed by atoms with Crippen LogP contribution in [0.3, 0.4) is 0 Å². The molecule has 0 spiro atoms. The van der Waals surface area contributed by atoms with Crippen LogP contribution >= 0.6 is 0 Å². The maximum absolute atomic E-state index is 5.42. The van der Waals surface area contributed by atoms with E-state index in [2.05, 4.69) is 53.5 Å². The Labute approximate surface area is 143 Å². The SMILES string of the molecule is COc1cc(C)c(-c2nccn2[C@H](C)c2ccc(C)nc2)cc1C. The van der Waals surface area contributed by atoms with Crippen molar-refractivity contribution in [1.82, 2.24) is 14.5 Å². The van der Waals surface area contributed by atoms with Crippen molar-refractivity contribution in [3.8, 4) is 17.1 Å². The van der Waals surface area contributed by atoms with Crippen LogP contribution in [0.4, 0.5) is 0 Å². The van der Waals surface area contributed by atoms with Gasteiger partial charge in [-0.05, 0) is 62.6 Å². The second-order valence-corrected chi connectivity index (χ2v) is 6.20. The highest BCUT2D eigenvalue weighted by atomic mass is 16.5. The van der Waals surface area contributed by atoms with E-state index in [0.717, 1.165) is 34.0 Å². The summed E-state index contributed by atoms with van der Waals surface area (Å²) in [5.74, 6) is 1.87. The second kappa shape index (κ2) is 6.48. The first-order valence-corrected chi connectivity index (χ1v) is 8.12. The summed E-state index contributed by atoms with van der Waals surface area (Å²) >= 11 is 0. The number of aromatic nitrogens is 3. The maximum atomic E-state index is 5.42. The summed E-state index contributed by atoms with van der Waals surface area (Å²) < 4.78 is 7.62. The molecule has 0 aliphatic heterocycles. The minimum absolute atomic E-state index is 0.164. The van der Waals surface area contributed by atoms with Crippen LogP contribution < -0.4 is 4.74 Å². The van der Waals surface area contributed by atoms with E-state index in [-0.39, 0.29) is 6.04 Å². The molecule has 0 saturated heterocycles. The van der Waals surface area contributed by atoms with Gasteiger partial charge in [-0.15, -0.1) is 0 Å². The van der Waals surface area contributed by atoms with E-state index < -0.39 is 0 Å². The molecule has 0 bridgehead atoms. The van der Waals surface area contributed by atoms with Crippen molar-refractivity contribution < 1.29 is 4.74 Å². The van der Waals surface area contributed by atoms with Crippen molar-refractivity contribution in [2.45, 2.75) is 33.7 Å². The van der Waals surface area contributed by atoms with Gasteiger partial charge in [-0.3, -0.25) is 4.98 Å². The summed E-state index contributed by atoms with van der Waals surface area (Å²) in [4.78, 5) is 9.03. The molecule has 0 aliphatic rings. The summed E-state index contributed by atoms with van der Waals surface area (Å²) in [6.07, 6.45) is 5.82. The van der Waals surface area contributed by atoms with Gasteiger partial charge in [-0.2, -0.15) is 0 Å². The second-order valence-electron chi connectivity index (χ2n) is 6.20. The first kappa shape index (κ1) is 16.2. The average molecular weight is 321 g/mol. The number of hydrogen-bond acceptors (Lipinski definition) is 3. The molecule has 2 aromatic heterocycles. The lowest BCUT2D eigenvalue weighted by Crippen LogP contribution is -2.09. The summed E-state index contributed by atoms with van der Waals surface area (Å²) in [6.45, 7) is 8.32. The molecule has 4 nitrogen and oxygen atoms in total. The molecule has 0 N–H and O–H groups in total. The van der Waals surface area contributed by atoms with Crippen LogP contribution in [-0.4, -0.2) is 21.6 Å². The number of nitrogens with zero attached hydrogens (tertiary/aromatic N) is 3. The van der Waals surface area contributed by atoms with Crippen LogP contribution in [0.15, 0.2) is 42.9 Å². The van der Waals surface area contributed by atoms with Crippen molar-refractivity contribution in [1.29, 1.82) is 0 Å². The molecule has 0 aliphatic carbocycles. The monoisotopic (exact) mass is 321 g/mol. The van der Waals surface area contributed by atoms with E-state index in [1.807, 2.05) is 31.6 Å². The molecule has 3 aromatic rings. The van der Waals surface area contributed by atoms with Gasteiger partial charge in [0.2, 0.25) is 0 Å². The number of ether oxygens (including phenoxy) is 1. The largest absolute Gasteiger partial charge is 0.496 e. The lowest BCUT2D eigenvalue weighted by Gasteiger charge is -2.18. The number of imidazole rings is 1. The zero-order valence-corrected chi connectivity index (χ0v) is 14.9. The molecule has 3 rings (SSSR count). The highest BCUT2D eigenvalue weighted by molar-refractivity contribution is 5.64. The normalized spacial score (nSPS) is 12.2. The molecule has 0 radical (unpaired) electrons. The average Bonchev–Trinajstić information content (AvgIpc) is 3.06. The lowest BCUT2D eigenvalue weighted by atomic mass is 10.0. The van der Waals surface area contributed by atoms with Gasteiger partial charge < -0.3 is 9.30 Å². The van der Waals surface area contributed by atoms with Crippen molar-refractivity contribution in [3.05, 3.63) is 65.2 Å². The van der Waals surface area contributed by atoms with E-state index in [1.54, 1.807) is 7.11 Å². The number of aryl methyl sites for hydroxylation is 3. The third-order valence-electron chi connectivity index (χ3n) is 4.49. The molecule has 0 amide bonds. The fraction of sp³-hybridized carbons (Fsp3) is 0.300. The molecule has 4 heteroatoms. The molecule has 0 unspecified atom stereocenters. The van der Waals surface area contributed by atoms with Gasteiger partial charge in [0, 0.05) is 29.8 Å². The van der Waals surface area contributed by atoms with Crippen LogP contribution in [0.5, 0.6) is 5.75 Å². The molecule has 124 valence electrons. The van der Waals surface area contributed by atoms with Gasteiger partial charge in [0.15, 0.2) is 0 Å². The Kier molecular flexibility index (Phi) is 4.38. The topological polar surface area (TPSA) is 39.9 Å². The predicted octanol–water partition coefficient (Wildman–Crippen LogP) is 4.49. The molecule has 24 heavy (non-hydrogen) atoms. The molecule has 2 heterocycles. The highest BCUT2D eigenvalue weighted by Gasteiger charge is 2.16. The summed E-state index contributed by atoms with van der Waals surface area (Å²) in [7, 11) is 1.70. The van der Waals surface area contributed by atoms with E-state index in [9.17, 15) is 0 Å². The molecule has 0 fully saturated rings. The summed E-state index contributed by atoms with van der Waals surface area (Å²) in [6, 6.07) is 8.56. The maximum Gasteiger partial charge on any atom is 0.140 e. The number of rotatable bonds is 4. The van der Waals surface area contributed by atoms with Gasteiger partial charge in [-0.25, -0.2) is 4.98 Å². The number of pyridine rings is 1. The van der Waals surface area contributed by atoms with Gasteiger partial charge in [0.25, 0.3) is 0 Å². The smallest absolute Gasteiger partial charge is 0.140 e. The summed E-state index contributed by atoms with van der Waals surface area (Å²) in [5.41, 5.74) is 5.59. The van der Waals surface area contributed by atoms with Gasteiger partial charge in [-0.1, -0.05) is 6.07 Å². The third-order valence-corrected chi connectivity index (χ3v) is 4.49. The van der Waals surface area contributed by atoms with E-state index in [4.69, 9.17) is 4.74 Å². The van der Waals surface area contributed by atoms with Crippen LogP contribution in [0, 0.1) is 20.8 Å². The summed E-state index contributed by atoms with van der Waals surface area (Å²) in [5, 5.41) is 0. The Bertz CT molecular complexity index is 850. The minimum atomic E-state index is 0.164. The molecular weight excluding hydrogens is 298 g/mol. The van der Waals surface area contributed by atoms with E-state index in [1.165, 1.54) is 5.56 Å². The number of benzene rings is 1. The van der Waals surface area contributed by atoms with Crippen LogP contribution in [0.2, 0.25) is 0 Å². The lowest BCUT2D eigenvalue weighted by molar-refractivity contribution is 0.411. The van der Waals surface area contributed by atoms with Crippen molar-refractivity contribution in [2.75, 3.05) is 7.11 Å². The van der Waals surface area contributed by atoms with E-state index >= 15 is 0 Å². The third kappa shape index (κ3) is 2.92. The molecular formula is C20H23N3O. The standard InChI is InChI=1S/C20H23N3O/c1-13-11-19(24-5)14(2)10-18(13)20-21-8-9-23(20)16(4)17-7-6-15(3)22-12-17/h6-12,16H,1-5H3/t16-/m1/s1. The highest BCUT2D eigenvalue weighted by Crippen LogP contribution is 2.31. The Morgan fingerprint density at radius 3 is 2.50 bits per heavy atom. The van der Waals surface area contributed by atoms with Gasteiger partial charge in [0.05, 0.1) is 13.2 Å². The van der Waals surface area contributed by atoms with Gasteiger partial charge in [0.1, 0.15) is 11.6 Å². The number of hydrogen-bond donors (Lipinski definition) is 0. The fourth-order valence-electron chi connectivity index (χ4n) is 2.97. The van der Waals surface area contributed by atoms with Crippen LogP contribution in [0.25, 0.3) is 11.4 Å². The first-order valence-electron chi connectivity index (χ1n) is 8.12. The zero-order chi connectivity index (χ0) is 17.3. The van der Waals surface area contributed by atoms with Crippen molar-refractivity contribution in [3.63, 3.8) is 0 Å². The fourth-order valence-corrected chi connectivity index (χ4v) is 2.97. The number of methoxy groups -OCH3 is 1. The van der Waals surface area contributed by atoms with Crippen molar-refractivity contribution in [2.24, 2.45) is 0 Å². The molecule has 0 saturated carbocycles. The predicted molar refractivity (Wildman–Crippen MR) is 96.5 cm³/mol.